The molecule has 1 aliphatic rings. The third-order valence-electron chi connectivity index (χ3n) is 8.94. The maximum absolute atomic E-state index is 7.32. The highest BCUT2D eigenvalue weighted by Gasteiger charge is 2.43. The summed E-state index contributed by atoms with van der Waals surface area (Å²) in [6.07, 6.45) is 14.4. The second-order valence-electron chi connectivity index (χ2n) is 11.9. The van der Waals surface area contributed by atoms with E-state index in [-0.39, 0.29) is 12.2 Å². The summed E-state index contributed by atoms with van der Waals surface area (Å²) < 4.78 is 19.6. The van der Waals surface area contributed by atoms with Crippen LogP contribution in [0, 0.1) is 5.92 Å². The molecule has 228 valence electrons. The molecule has 0 amide bonds. The van der Waals surface area contributed by atoms with E-state index >= 15 is 0 Å². The zero-order valence-electron chi connectivity index (χ0n) is 26.0. The third-order valence-corrected chi connectivity index (χ3v) is 9.17. The van der Waals surface area contributed by atoms with Gasteiger partial charge in [-0.05, 0) is 54.9 Å². The molecule has 0 N–H and O–H groups in total. The largest absolute Gasteiger partial charge is 0.496 e. The number of benzene rings is 3. The molecule has 1 saturated heterocycles. The Morgan fingerprint density at radius 2 is 1.40 bits per heavy atom. The van der Waals surface area contributed by atoms with Gasteiger partial charge in [0.2, 0.25) is 0 Å². The van der Waals surface area contributed by atoms with Crippen LogP contribution in [0.4, 0.5) is 0 Å². The number of hydrogen-bond donors (Lipinski definition) is 0. The van der Waals surface area contributed by atoms with Gasteiger partial charge < -0.3 is 14.2 Å². The molecule has 3 atom stereocenters. The summed E-state index contributed by atoms with van der Waals surface area (Å²) in [7, 11) is 1.69. The zero-order valence-corrected chi connectivity index (χ0v) is 26.8. The van der Waals surface area contributed by atoms with Crippen LogP contribution in [-0.2, 0) is 15.1 Å². The van der Waals surface area contributed by atoms with Crippen LogP contribution >= 0.6 is 11.6 Å². The summed E-state index contributed by atoms with van der Waals surface area (Å²) in [6, 6.07) is 27.8. The minimum Gasteiger partial charge on any atom is -0.496 e. The Morgan fingerprint density at radius 3 is 2.05 bits per heavy atom. The second kappa shape index (κ2) is 17.1. The van der Waals surface area contributed by atoms with E-state index in [0.717, 1.165) is 37.0 Å². The molecule has 0 aliphatic carbocycles. The van der Waals surface area contributed by atoms with Gasteiger partial charge in [-0.3, -0.25) is 0 Å². The standard InChI is InChI=1S/C38H51ClO3/c1-4-6-8-9-10-13-19-30(18-7-5-2)38(31-20-14-11-15-21-31,32-22-16-12-17-23-32)41-29-34-25-27-36(42-34)35-26-24-33(39)28-37(35)40-3/h11-12,14-17,20-24,26,28,30,34,36H,4-10,13,18-19,25,27,29H2,1-3H3/t30?,34-,36+/m0/s1. The van der Waals surface area contributed by atoms with Gasteiger partial charge in [0.25, 0.3) is 0 Å². The molecule has 0 aromatic heterocycles. The number of methoxy groups -OCH3 is 1. The van der Waals surface area contributed by atoms with E-state index in [1.807, 2.05) is 18.2 Å². The molecule has 0 bridgehead atoms. The van der Waals surface area contributed by atoms with Gasteiger partial charge >= 0.3 is 0 Å². The molecule has 0 spiro atoms. The van der Waals surface area contributed by atoms with Gasteiger partial charge in [-0.1, -0.05) is 144 Å². The maximum atomic E-state index is 7.32. The monoisotopic (exact) mass is 590 g/mol. The molecule has 1 aliphatic heterocycles. The average Bonchev–Trinajstić information content (AvgIpc) is 3.51. The van der Waals surface area contributed by atoms with Crippen molar-refractivity contribution in [3.05, 3.63) is 101 Å². The SMILES string of the molecule is CCCCCCCCC(CCCC)C(OC[C@@H]1CC[C@H](c2ccc(Cl)cc2OC)O1)(c1ccccc1)c1ccccc1. The molecular formula is C38H51ClO3. The van der Waals surface area contributed by atoms with Gasteiger partial charge in [0.15, 0.2) is 0 Å². The van der Waals surface area contributed by atoms with Crippen molar-refractivity contribution in [3.63, 3.8) is 0 Å². The fraction of sp³-hybridized carbons (Fsp3) is 0.526. The molecule has 1 heterocycles. The molecular weight excluding hydrogens is 540 g/mol. The summed E-state index contributed by atoms with van der Waals surface area (Å²) in [5, 5.41) is 0.674. The van der Waals surface area contributed by atoms with Crippen LogP contribution < -0.4 is 4.74 Å². The molecule has 4 heteroatoms. The quantitative estimate of drug-likeness (QED) is 0.138. The van der Waals surface area contributed by atoms with Crippen LogP contribution in [0.3, 0.4) is 0 Å². The van der Waals surface area contributed by atoms with Gasteiger partial charge in [0.1, 0.15) is 11.4 Å². The Labute approximate surface area is 259 Å². The van der Waals surface area contributed by atoms with E-state index in [1.165, 1.54) is 62.5 Å². The molecule has 1 unspecified atom stereocenters. The molecule has 4 rings (SSSR count). The molecule has 1 fully saturated rings. The lowest BCUT2D eigenvalue weighted by molar-refractivity contribution is -0.109. The van der Waals surface area contributed by atoms with Crippen molar-refractivity contribution in [1.82, 2.24) is 0 Å². The van der Waals surface area contributed by atoms with E-state index in [0.29, 0.717) is 17.5 Å². The second-order valence-corrected chi connectivity index (χ2v) is 12.3. The van der Waals surface area contributed by atoms with E-state index in [4.69, 9.17) is 25.8 Å². The Kier molecular flexibility index (Phi) is 13.3. The molecule has 3 aromatic rings. The average molecular weight is 591 g/mol. The van der Waals surface area contributed by atoms with Gasteiger partial charge in [0.05, 0.1) is 25.9 Å². The summed E-state index contributed by atoms with van der Waals surface area (Å²) in [5.41, 5.74) is 3.03. The summed E-state index contributed by atoms with van der Waals surface area (Å²) in [6.45, 7) is 5.14. The van der Waals surface area contributed by atoms with E-state index in [2.05, 4.69) is 74.5 Å². The number of halogens is 1. The first-order valence-corrected chi connectivity index (χ1v) is 16.7. The minimum atomic E-state index is -0.527. The highest BCUT2D eigenvalue weighted by molar-refractivity contribution is 6.30. The molecule has 42 heavy (non-hydrogen) atoms. The number of ether oxygens (including phenoxy) is 3. The summed E-state index contributed by atoms with van der Waals surface area (Å²) >= 11 is 6.24. The lowest BCUT2D eigenvalue weighted by atomic mass is 9.71. The maximum Gasteiger partial charge on any atom is 0.126 e. The number of rotatable bonds is 18. The fourth-order valence-corrected chi connectivity index (χ4v) is 6.86. The predicted molar refractivity (Wildman–Crippen MR) is 175 cm³/mol. The molecule has 0 radical (unpaired) electrons. The van der Waals surface area contributed by atoms with Gasteiger partial charge in [-0.25, -0.2) is 0 Å². The van der Waals surface area contributed by atoms with Crippen LogP contribution in [0.1, 0.15) is 114 Å². The smallest absolute Gasteiger partial charge is 0.126 e. The van der Waals surface area contributed by atoms with Crippen LogP contribution in [0.15, 0.2) is 78.9 Å². The molecule has 3 aromatic carbocycles. The van der Waals surface area contributed by atoms with Crippen LogP contribution in [0.2, 0.25) is 5.02 Å². The highest BCUT2D eigenvalue weighted by Crippen LogP contribution is 2.46. The lowest BCUT2D eigenvalue weighted by Gasteiger charge is -2.43. The van der Waals surface area contributed by atoms with E-state index < -0.39 is 5.60 Å². The molecule has 3 nitrogen and oxygen atoms in total. The van der Waals surface area contributed by atoms with Crippen LogP contribution in [0.25, 0.3) is 0 Å². The van der Waals surface area contributed by atoms with Gasteiger partial charge in [-0.15, -0.1) is 0 Å². The first-order chi connectivity index (χ1) is 20.6. The van der Waals surface area contributed by atoms with Crippen molar-refractivity contribution in [3.8, 4) is 5.75 Å². The first kappa shape index (κ1) is 32.6. The number of hydrogen-bond acceptors (Lipinski definition) is 3. The van der Waals surface area contributed by atoms with E-state index in [1.54, 1.807) is 7.11 Å². The topological polar surface area (TPSA) is 27.7 Å². The van der Waals surface area contributed by atoms with Gasteiger partial charge in [0, 0.05) is 10.6 Å². The van der Waals surface area contributed by atoms with Gasteiger partial charge in [-0.2, -0.15) is 0 Å². The zero-order chi connectivity index (χ0) is 29.6. The van der Waals surface area contributed by atoms with Crippen molar-refractivity contribution in [1.29, 1.82) is 0 Å². The normalized spacial score (nSPS) is 17.8. The minimum absolute atomic E-state index is 0.0167. The first-order valence-electron chi connectivity index (χ1n) is 16.4. The Balaban J connectivity index is 1.61. The van der Waals surface area contributed by atoms with Crippen molar-refractivity contribution >= 4 is 11.6 Å². The lowest BCUT2D eigenvalue weighted by Crippen LogP contribution is -2.41. The van der Waals surface area contributed by atoms with E-state index in [9.17, 15) is 0 Å². The highest BCUT2D eigenvalue weighted by atomic mass is 35.5. The van der Waals surface area contributed by atoms with Crippen molar-refractivity contribution < 1.29 is 14.2 Å². The Bertz CT molecular complexity index is 1130. The van der Waals surface area contributed by atoms with Crippen molar-refractivity contribution in [2.24, 2.45) is 5.92 Å². The molecule has 0 saturated carbocycles. The Morgan fingerprint density at radius 1 is 0.786 bits per heavy atom. The van der Waals surface area contributed by atoms with Crippen LogP contribution in [-0.4, -0.2) is 19.8 Å². The third kappa shape index (κ3) is 8.40. The fourth-order valence-electron chi connectivity index (χ4n) is 6.70. The van der Waals surface area contributed by atoms with Crippen LogP contribution in [0.5, 0.6) is 5.75 Å². The van der Waals surface area contributed by atoms with Crippen molar-refractivity contribution in [2.45, 2.75) is 109 Å². The Hall–Kier alpha value is -2.33. The predicted octanol–water partition coefficient (Wildman–Crippen LogP) is 11.1. The summed E-state index contributed by atoms with van der Waals surface area (Å²) in [4.78, 5) is 0. The number of unbranched alkanes of at least 4 members (excludes halogenated alkanes) is 6. The van der Waals surface area contributed by atoms with Crippen molar-refractivity contribution in [2.75, 3.05) is 13.7 Å². The summed E-state index contributed by atoms with van der Waals surface area (Å²) in [5.74, 6) is 1.16.